The van der Waals surface area contributed by atoms with Crippen molar-refractivity contribution >= 4 is 17.5 Å². The van der Waals surface area contributed by atoms with E-state index in [4.69, 9.17) is 4.74 Å². The number of hydrogen-bond acceptors (Lipinski definition) is 3. The van der Waals surface area contributed by atoms with Crippen molar-refractivity contribution in [3.05, 3.63) is 59.7 Å². The molecule has 1 aliphatic heterocycles. The number of hydrogen-bond donors (Lipinski definition) is 1. The third-order valence-corrected chi connectivity index (χ3v) is 3.83. The number of halogens is 2. The Morgan fingerprint density at radius 1 is 1.16 bits per heavy atom. The molecule has 7 heteroatoms. The Labute approximate surface area is 143 Å². The second-order valence-corrected chi connectivity index (χ2v) is 5.49. The number of fused-ring (bicyclic) bond motifs is 1. The van der Waals surface area contributed by atoms with Crippen LogP contribution in [0.5, 0.6) is 5.75 Å². The molecule has 3 rings (SSSR count). The molecule has 0 saturated carbocycles. The number of amides is 2. The topological polar surface area (TPSA) is 58.6 Å². The van der Waals surface area contributed by atoms with Crippen LogP contribution in [-0.4, -0.2) is 31.5 Å². The Morgan fingerprint density at radius 2 is 1.96 bits per heavy atom. The number of rotatable bonds is 4. The zero-order chi connectivity index (χ0) is 17.8. The predicted octanol–water partition coefficient (Wildman–Crippen LogP) is 2.51. The Bertz CT molecular complexity index is 811. The van der Waals surface area contributed by atoms with Gasteiger partial charge < -0.3 is 15.0 Å². The van der Waals surface area contributed by atoms with Crippen molar-refractivity contribution in [2.24, 2.45) is 0 Å². The zero-order valence-electron chi connectivity index (χ0n) is 13.3. The van der Waals surface area contributed by atoms with Crippen molar-refractivity contribution in [1.29, 1.82) is 0 Å². The lowest BCUT2D eigenvalue weighted by molar-refractivity contribution is -0.118. The van der Waals surface area contributed by atoms with E-state index in [0.29, 0.717) is 30.7 Å². The van der Waals surface area contributed by atoms with Crippen LogP contribution in [0.25, 0.3) is 0 Å². The van der Waals surface area contributed by atoms with Crippen molar-refractivity contribution in [2.75, 3.05) is 24.6 Å². The Balaban J connectivity index is 1.57. The summed E-state index contributed by atoms with van der Waals surface area (Å²) in [6.45, 7) is 0.875. The molecule has 2 aromatic rings. The second-order valence-electron chi connectivity index (χ2n) is 5.49. The molecular weight excluding hydrogens is 330 g/mol. The average molecular weight is 346 g/mol. The first-order chi connectivity index (χ1) is 12.1. The molecule has 130 valence electrons. The smallest absolute Gasteiger partial charge is 0.254 e. The monoisotopic (exact) mass is 346 g/mol. The van der Waals surface area contributed by atoms with E-state index < -0.39 is 17.5 Å². The van der Waals surface area contributed by atoms with Gasteiger partial charge in [-0.25, -0.2) is 8.78 Å². The molecule has 1 heterocycles. The lowest BCUT2D eigenvalue weighted by atomic mass is 10.2. The van der Waals surface area contributed by atoms with Crippen LogP contribution in [0.4, 0.5) is 14.5 Å². The van der Waals surface area contributed by atoms with Crippen LogP contribution in [0.1, 0.15) is 16.8 Å². The van der Waals surface area contributed by atoms with E-state index in [2.05, 4.69) is 5.32 Å². The standard InChI is InChI=1S/C18H16F2N2O3/c19-12-5-6-13(14(20)11-12)18(24)21-8-7-17(23)22-9-10-25-16-4-2-1-3-15(16)22/h1-6,11H,7-10H2,(H,21,24). The third-order valence-electron chi connectivity index (χ3n) is 3.83. The fourth-order valence-electron chi connectivity index (χ4n) is 2.62. The Morgan fingerprint density at radius 3 is 2.76 bits per heavy atom. The highest BCUT2D eigenvalue weighted by Gasteiger charge is 2.23. The van der Waals surface area contributed by atoms with Crippen molar-refractivity contribution in [1.82, 2.24) is 5.32 Å². The van der Waals surface area contributed by atoms with Crippen LogP contribution >= 0.6 is 0 Å². The van der Waals surface area contributed by atoms with Crippen molar-refractivity contribution in [3.63, 3.8) is 0 Å². The maximum atomic E-state index is 13.6. The van der Waals surface area contributed by atoms with Gasteiger partial charge in [-0.3, -0.25) is 9.59 Å². The van der Waals surface area contributed by atoms with Gasteiger partial charge in [0.1, 0.15) is 24.0 Å². The minimum absolute atomic E-state index is 0.0496. The first-order valence-electron chi connectivity index (χ1n) is 7.81. The summed E-state index contributed by atoms with van der Waals surface area (Å²) in [5.74, 6) is -1.91. The first-order valence-corrected chi connectivity index (χ1v) is 7.81. The van der Waals surface area contributed by atoms with Gasteiger partial charge in [0.05, 0.1) is 17.8 Å². The minimum Gasteiger partial charge on any atom is -0.490 e. The summed E-state index contributed by atoms with van der Waals surface area (Å²) >= 11 is 0. The molecule has 0 fully saturated rings. The van der Waals surface area contributed by atoms with E-state index in [0.717, 1.165) is 12.1 Å². The largest absolute Gasteiger partial charge is 0.490 e. The number of benzene rings is 2. The highest BCUT2D eigenvalue weighted by Crippen LogP contribution is 2.31. The molecule has 2 amide bonds. The molecule has 1 aliphatic rings. The lowest BCUT2D eigenvalue weighted by Crippen LogP contribution is -2.39. The number of nitrogens with zero attached hydrogens (tertiary/aromatic N) is 1. The van der Waals surface area contributed by atoms with Crippen LogP contribution in [0, 0.1) is 11.6 Å². The van der Waals surface area contributed by atoms with Gasteiger partial charge in [0, 0.05) is 19.0 Å². The zero-order valence-corrected chi connectivity index (χ0v) is 13.3. The SMILES string of the molecule is O=C(NCCC(=O)N1CCOc2ccccc21)c1ccc(F)cc1F. The number of nitrogens with one attached hydrogen (secondary N) is 1. The van der Waals surface area contributed by atoms with E-state index in [1.165, 1.54) is 0 Å². The van der Waals surface area contributed by atoms with Gasteiger partial charge in [0.2, 0.25) is 5.91 Å². The van der Waals surface area contributed by atoms with E-state index in [1.807, 2.05) is 12.1 Å². The summed E-state index contributed by atoms with van der Waals surface area (Å²) in [7, 11) is 0. The van der Waals surface area contributed by atoms with Gasteiger partial charge in [-0.05, 0) is 24.3 Å². The number of carbonyl (C=O) groups is 2. The summed E-state index contributed by atoms with van der Waals surface area (Å²) in [6, 6.07) is 9.93. The van der Waals surface area contributed by atoms with Gasteiger partial charge in [-0.15, -0.1) is 0 Å². The van der Waals surface area contributed by atoms with Crippen LogP contribution in [0.2, 0.25) is 0 Å². The molecule has 0 saturated heterocycles. The number of ether oxygens (including phenoxy) is 1. The summed E-state index contributed by atoms with van der Waals surface area (Å²) in [4.78, 5) is 25.9. The molecule has 0 unspecified atom stereocenters. The Hall–Kier alpha value is -2.96. The summed E-state index contributed by atoms with van der Waals surface area (Å²) < 4.78 is 31.9. The Kier molecular flexibility index (Phi) is 4.92. The van der Waals surface area contributed by atoms with Gasteiger partial charge in [-0.1, -0.05) is 12.1 Å². The quantitative estimate of drug-likeness (QED) is 0.925. The minimum atomic E-state index is -0.939. The molecule has 5 nitrogen and oxygen atoms in total. The fourth-order valence-corrected chi connectivity index (χ4v) is 2.62. The lowest BCUT2D eigenvalue weighted by Gasteiger charge is -2.29. The van der Waals surface area contributed by atoms with Gasteiger partial charge in [0.25, 0.3) is 5.91 Å². The van der Waals surface area contributed by atoms with E-state index in [-0.39, 0.29) is 24.4 Å². The molecule has 0 radical (unpaired) electrons. The van der Waals surface area contributed by atoms with Gasteiger partial charge in [0.15, 0.2) is 0 Å². The second kappa shape index (κ2) is 7.29. The van der Waals surface area contributed by atoms with E-state index in [9.17, 15) is 18.4 Å². The van der Waals surface area contributed by atoms with E-state index >= 15 is 0 Å². The maximum absolute atomic E-state index is 13.6. The van der Waals surface area contributed by atoms with Crippen molar-refractivity contribution in [2.45, 2.75) is 6.42 Å². The first kappa shape index (κ1) is 16.9. The molecular formula is C18H16F2N2O3. The summed E-state index contributed by atoms with van der Waals surface area (Å²) in [6.07, 6.45) is 0.0584. The van der Waals surface area contributed by atoms with Crippen LogP contribution in [-0.2, 0) is 4.79 Å². The molecule has 0 aromatic heterocycles. The van der Waals surface area contributed by atoms with Crippen molar-refractivity contribution < 1.29 is 23.1 Å². The number of para-hydroxylation sites is 2. The summed E-state index contributed by atoms with van der Waals surface area (Å²) in [5, 5.41) is 2.47. The molecule has 0 bridgehead atoms. The predicted molar refractivity (Wildman–Crippen MR) is 87.6 cm³/mol. The molecule has 2 aromatic carbocycles. The molecule has 1 N–H and O–H groups in total. The van der Waals surface area contributed by atoms with E-state index in [1.54, 1.807) is 17.0 Å². The van der Waals surface area contributed by atoms with Gasteiger partial charge >= 0.3 is 0 Å². The normalized spacial score (nSPS) is 13.0. The maximum Gasteiger partial charge on any atom is 0.254 e. The van der Waals surface area contributed by atoms with Crippen LogP contribution < -0.4 is 15.0 Å². The molecule has 0 aliphatic carbocycles. The number of carbonyl (C=O) groups excluding carboxylic acids is 2. The van der Waals surface area contributed by atoms with Crippen LogP contribution in [0.15, 0.2) is 42.5 Å². The third kappa shape index (κ3) is 3.76. The number of anilines is 1. The summed E-state index contributed by atoms with van der Waals surface area (Å²) in [5.41, 5.74) is 0.431. The van der Waals surface area contributed by atoms with Crippen LogP contribution in [0.3, 0.4) is 0 Å². The highest BCUT2D eigenvalue weighted by molar-refractivity contribution is 5.97. The average Bonchev–Trinajstić information content (AvgIpc) is 2.61. The fraction of sp³-hybridized carbons (Fsp3) is 0.222. The molecule has 0 atom stereocenters. The highest BCUT2D eigenvalue weighted by atomic mass is 19.1. The molecule has 0 spiro atoms. The molecule has 25 heavy (non-hydrogen) atoms. The van der Waals surface area contributed by atoms with Crippen molar-refractivity contribution in [3.8, 4) is 5.75 Å². The van der Waals surface area contributed by atoms with Gasteiger partial charge in [-0.2, -0.15) is 0 Å².